The van der Waals surface area contributed by atoms with Crippen LogP contribution >= 0.6 is 16.5 Å². The molecule has 64 valence electrons. The predicted molar refractivity (Wildman–Crippen MR) is 59.7 cm³/mol. The fourth-order valence-electron chi connectivity index (χ4n) is 0.855. The van der Waals surface area contributed by atoms with E-state index in [1.807, 2.05) is 0 Å². The molecule has 12 heavy (non-hydrogen) atoms. The van der Waals surface area contributed by atoms with Crippen LogP contribution in [0.1, 0.15) is 19.8 Å². The smallest absolute Gasteiger partial charge is 0.0109 e. The molecule has 0 bridgehead atoms. The van der Waals surface area contributed by atoms with Gasteiger partial charge < -0.3 is 0 Å². The molecule has 0 saturated heterocycles. The number of rotatable bonds is 5. The Bertz CT molecular complexity index is 196. The van der Waals surface area contributed by atoms with Gasteiger partial charge in [0.05, 0.1) is 0 Å². The van der Waals surface area contributed by atoms with Crippen LogP contribution in [0.4, 0.5) is 0 Å². The molecule has 0 aliphatic heterocycles. The summed E-state index contributed by atoms with van der Waals surface area (Å²) in [5.41, 5.74) is 0. The fraction of sp³-hybridized carbons (Fsp3) is 0.400. The highest BCUT2D eigenvalue weighted by Crippen LogP contribution is 2.36. The van der Waals surface area contributed by atoms with Crippen molar-refractivity contribution >= 4 is 21.8 Å². The first-order valence-electron chi connectivity index (χ1n) is 4.36. The molecule has 2 heteroatoms. The van der Waals surface area contributed by atoms with Gasteiger partial charge in [-0.05, 0) is 34.4 Å². The third-order valence-corrected chi connectivity index (χ3v) is 4.46. The molecule has 0 aromatic heterocycles. The normalized spacial score (nSPS) is 12.1. The van der Waals surface area contributed by atoms with Gasteiger partial charge in [0.15, 0.2) is 0 Å². The molecule has 0 fully saturated rings. The van der Waals surface area contributed by atoms with Gasteiger partial charge in [-0.2, -0.15) is 0 Å². The summed E-state index contributed by atoms with van der Waals surface area (Å²) in [5.74, 6) is 0. The van der Waals surface area contributed by atoms with Crippen molar-refractivity contribution in [3.8, 4) is 0 Å². The van der Waals surface area contributed by atoms with E-state index in [0.29, 0.717) is 0 Å². The van der Waals surface area contributed by atoms with Crippen molar-refractivity contribution in [1.29, 1.82) is 0 Å². The minimum Gasteiger partial charge on any atom is -0.0654 e. The Morgan fingerprint density at radius 2 is 1.92 bits per heavy atom. The molecule has 2 radical (unpaired) electrons. The summed E-state index contributed by atoms with van der Waals surface area (Å²) in [4.78, 5) is 0. The van der Waals surface area contributed by atoms with E-state index < -0.39 is 0 Å². The van der Waals surface area contributed by atoms with Crippen LogP contribution in [0.2, 0.25) is 0 Å². The van der Waals surface area contributed by atoms with E-state index in [9.17, 15) is 0 Å². The summed E-state index contributed by atoms with van der Waals surface area (Å²) in [6.45, 7) is 2.24. The lowest BCUT2D eigenvalue weighted by Crippen LogP contribution is -1.87. The fourth-order valence-corrected chi connectivity index (χ4v) is 3.50. The van der Waals surface area contributed by atoms with E-state index in [1.54, 1.807) is 8.27 Å². The van der Waals surface area contributed by atoms with Crippen LogP contribution in [-0.2, 0) is 0 Å². The van der Waals surface area contributed by atoms with Crippen LogP contribution in [0.15, 0.2) is 30.3 Å². The van der Waals surface area contributed by atoms with Crippen LogP contribution in [-0.4, -0.2) is 6.16 Å². The number of benzene rings is 1. The molecule has 0 heterocycles. The van der Waals surface area contributed by atoms with Gasteiger partial charge in [-0.25, -0.2) is 0 Å². The SMILES string of the molecule is CCCC[P][P]c1ccccc1. The third kappa shape index (κ3) is 4.19. The summed E-state index contributed by atoms with van der Waals surface area (Å²) >= 11 is 0. The van der Waals surface area contributed by atoms with Crippen molar-refractivity contribution in [2.24, 2.45) is 0 Å². The topological polar surface area (TPSA) is 0 Å². The van der Waals surface area contributed by atoms with Gasteiger partial charge in [-0.3, -0.25) is 0 Å². The first-order chi connectivity index (χ1) is 5.93. The molecule has 0 N–H and O–H groups in total. The average molecular weight is 196 g/mol. The van der Waals surface area contributed by atoms with E-state index in [-0.39, 0.29) is 0 Å². The van der Waals surface area contributed by atoms with E-state index in [0.717, 1.165) is 0 Å². The molecule has 0 aliphatic rings. The lowest BCUT2D eigenvalue weighted by Gasteiger charge is -1.97. The lowest BCUT2D eigenvalue weighted by molar-refractivity contribution is 0.896. The summed E-state index contributed by atoms with van der Waals surface area (Å²) in [6.07, 6.45) is 4.02. The van der Waals surface area contributed by atoms with Crippen molar-refractivity contribution in [3.05, 3.63) is 30.3 Å². The highest BCUT2D eigenvalue weighted by molar-refractivity contribution is 8.15. The minimum absolute atomic E-state index is 1.32. The van der Waals surface area contributed by atoms with Gasteiger partial charge in [-0.1, -0.05) is 43.7 Å². The number of hydrogen-bond donors (Lipinski definition) is 0. The average Bonchev–Trinajstić information content (AvgIpc) is 2.14. The van der Waals surface area contributed by atoms with Crippen molar-refractivity contribution in [2.45, 2.75) is 19.8 Å². The monoisotopic (exact) mass is 196 g/mol. The summed E-state index contributed by atoms with van der Waals surface area (Å²) in [7, 11) is 3.01. The highest BCUT2D eigenvalue weighted by Gasteiger charge is 1.92. The molecule has 1 rings (SSSR count). The van der Waals surface area contributed by atoms with Crippen LogP contribution in [0, 0.1) is 0 Å². The maximum atomic E-state index is 2.24. The Labute approximate surface area is 78.6 Å². The maximum Gasteiger partial charge on any atom is -0.0109 e. The first-order valence-corrected chi connectivity index (χ1v) is 7.04. The second kappa shape index (κ2) is 6.58. The number of unbranched alkanes of at least 4 members (excludes halogenated alkanes) is 1. The molecular weight excluding hydrogens is 182 g/mol. The van der Waals surface area contributed by atoms with Gasteiger partial charge in [0, 0.05) is 0 Å². The zero-order valence-electron chi connectivity index (χ0n) is 7.40. The van der Waals surface area contributed by atoms with Crippen LogP contribution in [0.5, 0.6) is 0 Å². The molecule has 0 amide bonds. The molecule has 0 nitrogen and oxygen atoms in total. The predicted octanol–water partition coefficient (Wildman–Crippen LogP) is 3.92. The van der Waals surface area contributed by atoms with Gasteiger partial charge in [-0.15, -0.1) is 0 Å². The van der Waals surface area contributed by atoms with E-state index in [1.165, 1.54) is 32.6 Å². The summed E-state index contributed by atoms with van der Waals surface area (Å²) < 4.78 is 0. The second-order valence-electron chi connectivity index (χ2n) is 2.65. The van der Waals surface area contributed by atoms with E-state index in [2.05, 4.69) is 37.3 Å². The van der Waals surface area contributed by atoms with E-state index >= 15 is 0 Å². The first kappa shape index (κ1) is 10.2. The van der Waals surface area contributed by atoms with Crippen molar-refractivity contribution in [3.63, 3.8) is 0 Å². The molecule has 1 aromatic rings. The lowest BCUT2D eigenvalue weighted by atomic mass is 10.4. The number of hydrogen-bond acceptors (Lipinski definition) is 0. The third-order valence-electron chi connectivity index (χ3n) is 1.55. The molecular formula is C10H14P2. The molecule has 0 saturated carbocycles. The van der Waals surface area contributed by atoms with Gasteiger partial charge in [0.1, 0.15) is 0 Å². The highest BCUT2D eigenvalue weighted by atomic mass is 32.0. The summed E-state index contributed by atoms with van der Waals surface area (Å²) in [6, 6.07) is 10.7. The molecule has 0 aliphatic carbocycles. The Morgan fingerprint density at radius 1 is 1.17 bits per heavy atom. The van der Waals surface area contributed by atoms with Crippen molar-refractivity contribution in [2.75, 3.05) is 6.16 Å². The molecule has 0 unspecified atom stereocenters. The second-order valence-corrected chi connectivity index (χ2v) is 5.55. The maximum absolute atomic E-state index is 2.24. The Morgan fingerprint density at radius 3 is 2.58 bits per heavy atom. The largest absolute Gasteiger partial charge is 0.0654 e. The Balaban J connectivity index is 2.16. The van der Waals surface area contributed by atoms with Gasteiger partial charge >= 0.3 is 0 Å². The van der Waals surface area contributed by atoms with Gasteiger partial charge in [0.2, 0.25) is 0 Å². The van der Waals surface area contributed by atoms with Crippen molar-refractivity contribution in [1.82, 2.24) is 0 Å². The minimum atomic E-state index is 1.32. The van der Waals surface area contributed by atoms with Crippen LogP contribution < -0.4 is 5.30 Å². The zero-order valence-corrected chi connectivity index (χ0v) is 9.19. The molecule has 0 atom stereocenters. The van der Waals surface area contributed by atoms with Crippen LogP contribution in [0.25, 0.3) is 0 Å². The van der Waals surface area contributed by atoms with Crippen LogP contribution in [0.3, 0.4) is 0 Å². The Kier molecular flexibility index (Phi) is 5.57. The standard InChI is InChI=1S/C10H14P2/c1-2-3-9-11-12-10-7-5-4-6-8-10/h4-8H,2-3,9H2,1H3. The van der Waals surface area contributed by atoms with Gasteiger partial charge in [0.25, 0.3) is 0 Å². The zero-order chi connectivity index (χ0) is 8.65. The van der Waals surface area contributed by atoms with E-state index in [4.69, 9.17) is 0 Å². The molecule has 1 aromatic carbocycles. The quantitative estimate of drug-likeness (QED) is 0.494. The molecule has 0 spiro atoms. The summed E-state index contributed by atoms with van der Waals surface area (Å²) in [5, 5.41) is 1.44. The Hall–Kier alpha value is 0.0800. The van der Waals surface area contributed by atoms with Crippen molar-refractivity contribution < 1.29 is 0 Å².